The molecule has 0 bridgehead atoms. The van der Waals surface area contributed by atoms with E-state index in [1.165, 1.54) is 16.2 Å². The highest BCUT2D eigenvalue weighted by Gasteiger charge is 2.11. The van der Waals surface area contributed by atoms with E-state index >= 15 is 0 Å². The Morgan fingerprint density at radius 3 is 3.00 bits per heavy atom. The first kappa shape index (κ1) is 12.8. The second-order valence-corrected chi connectivity index (χ2v) is 4.97. The summed E-state index contributed by atoms with van der Waals surface area (Å²) in [7, 11) is 0. The topological polar surface area (TPSA) is 51.4 Å². The number of hydrogen-bond acceptors (Lipinski definition) is 4. The number of unbranched alkanes of at least 4 members (excludes halogenated alkanes) is 1. The third kappa shape index (κ3) is 2.46. The van der Waals surface area contributed by atoms with Gasteiger partial charge in [-0.3, -0.25) is 14.0 Å². The minimum Gasteiger partial charge on any atom is -0.298 e. The minimum absolute atomic E-state index is 0.153. The normalized spacial score (nSPS) is 10.7. The van der Waals surface area contributed by atoms with E-state index in [2.05, 4.69) is 11.9 Å². The molecule has 2 heterocycles. The molecule has 0 aliphatic rings. The number of aldehydes is 1. The molecule has 0 aliphatic carbocycles. The molecule has 0 radical (unpaired) electrons. The fraction of sp³-hybridized carbons (Fsp3) is 0.308. The van der Waals surface area contributed by atoms with Gasteiger partial charge in [0, 0.05) is 6.20 Å². The summed E-state index contributed by atoms with van der Waals surface area (Å²) in [5.41, 5.74) is 0.432. The Hall–Kier alpha value is -1.62. The van der Waals surface area contributed by atoms with Crippen molar-refractivity contribution in [2.75, 3.05) is 5.75 Å². The molecule has 5 heteroatoms. The number of hydrogen-bond donors (Lipinski definition) is 0. The van der Waals surface area contributed by atoms with Gasteiger partial charge in [0.15, 0.2) is 6.29 Å². The lowest BCUT2D eigenvalue weighted by Gasteiger charge is -2.06. The monoisotopic (exact) mass is 262 g/mol. The smallest absolute Gasteiger partial charge is 0.269 e. The van der Waals surface area contributed by atoms with Gasteiger partial charge in [0.2, 0.25) is 0 Å². The van der Waals surface area contributed by atoms with E-state index in [9.17, 15) is 9.59 Å². The van der Waals surface area contributed by atoms with Crippen LogP contribution in [0.15, 0.2) is 34.2 Å². The van der Waals surface area contributed by atoms with Crippen LogP contribution in [0, 0.1) is 0 Å². The van der Waals surface area contributed by atoms with Crippen molar-refractivity contribution in [2.24, 2.45) is 0 Å². The molecule has 0 aliphatic heterocycles. The Balaban J connectivity index is 2.51. The standard InChI is InChI=1S/C13H14N2O2S/c1-2-3-8-18-12-10(9-16)13(17)15-7-5-4-6-11(15)14-12/h4-7,9H,2-3,8H2,1H3. The zero-order valence-corrected chi connectivity index (χ0v) is 10.9. The molecule has 2 aromatic heterocycles. The lowest BCUT2D eigenvalue weighted by Crippen LogP contribution is -2.20. The Labute approximate surface area is 109 Å². The molecule has 0 spiro atoms. The summed E-state index contributed by atoms with van der Waals surface area (Å²) in [5.74, 6) is 0.868. The molecular formula is C13H14N2O2S. The summed E-state index contributed by atoms with van der Waals surface area (Å²) < 4.78 is 1.40. The van der Waals surface area contributed by atoms with Gasteiger partial charge < -0.3 is 0 Å². The van der Waals surface area contributed by atoms with Gasteiger partial charge in [-0.25, -0.2) is 4.98 Å². The Morgan fingerprint density at radius 2 is 2.28 bits per heavy atom. The Bertz CT molecular complexity index is 622. The molecule has 4 nitrogen and oxygen atoms in total. The molecule has 0 saturated heterocycles. The number of carbonyl (C=O) groups excluding carboxylic acids is 1. The van der Waals surface area contributed by atoms with Crippen LogP contribution in [0.3, 0.4) is 0 Å². The SMILES string of the molecule is CCCCSc1nc2ccccn2c(=O)c1C=O. The van der Waals surface area contributed by atoms with E-state index in [0.29, 0.717) is 17.0 Å². The second kappa shape index (κ2) is 5.82. The van der Waals surface area contributed by atoms with Crippen LogP contribution >= 0.6 is 11.8 Å². The highest BCUT2D eigenvalue weighted by molar-refractivity contribution is 7.99. The summed E-state index contributed by atoms with van der Waals surface area (Å²) >= 11 is 1.47. The van der Waals surface area contributed by atoms with Crippen molar-refractivity contribution in [3.8, 4) is 0 Å². The number of fused-ring (bicyclic) bond motifs is 1. The van der Waals surface area contributed by atoms with E-state index in [4.69, 9.17) is 0 Å². The first-order valence-corrected chi connectivity index (χ1v) is 6.86. The van der Waals surface area contributed by atoms with Crippen molar-refractivity contribution in [1.29, 1.82) is 0 Å². The molecule has 2 aromatic rings. The molecule has 0 unspecified atom stereocenters. The van der Waals surface area contributed by atoms with Crippen LogP contribution in [0.5, 0.6) is 0 Å². The maximum absolute atomic E-state index is 12.1. The van der Waals surface area contributed by atoms with Crippen LogP contribution in [0.2, 0.25) is 0 Å². The predicted molar refractivity (Wildman–Crippen MR) is 72.5 cm³/mol. The number of carbonyl (C=O) groups is 1. The van der Waals surface area contributed by atoms with Gasteiger partial charge in [-0.2, -0.15) is 0 Å². The first-order valence-electron chi connectivity index (χ1n) is 5.87. The van der Waals surface area contributed by atoms with Crippen LogP contribution in [0.1, 0.15) is 30.1 Å². The third-order valence-electron chi connectivity index (χ3n) is 2.59. The average Bonchev–Trinajstić information content (AvgIpc) is 2.39. The number of thioether (sulfide) groups is 1. The van der Waals surface area contributed by atoms with E-state index in [-0.39, 0.29) is 11.1 Å². The fourth-order valence-electron chi connectivity index (χ4n) is 1.61. The van der Waals surface area contributed by atoms with E-state index in [1.54, 1.807) is 18.3 Å². The molecule has 0 aromatic carbocycles. The summed E-state index contributed by atoms with van der Waals surface area (Å²) in [4.78, 5) is 27.5. The van der Waals surface area contributed by atoms with Crippen molar-refractivity contribution in [2.45, 2.75) is 24.8 Å². The zero-order chi connectivity index (χ0) is 13.0. The Kier molecular flexibility index (Phi) is 4.15. The summed E-state index contributed by atoms with van der Waals surface area (Å²) in [5, 5.41) is 0.537. The van der Waals surface area contributed by atoms with Gasteiger partial charge in [-0.1, -0.05) is 19.4 Å². The van der Waals surface area contributed by atoms with Gasteiger partial charge in [-0.15, -0.1) is 11.8 Å². The number of nitrogens with zero attached hydrogens (tertiary/aromatic N) is 2. The van der Waals surface area contributed by atoms with E-state index in [0.717, 1.165) is 18.6 Å². The van der Waals surface area contributed by atoms with E-state index < -0.39 is 0 Å². The predicted octanol–water partition coefficient (Wildman–Crippen LogP) is 2.40. The molecule has 0 saturated carbocycles. The third-order valence-corrected chi connectivity index (χ3v) is 3.67. The first-order chi connectivity index (χ1) is 8.77. The molecule has 0 fully saturated rings. The van der Waals surface area contributed by atoms with Crippen LogP contribution in [-0.2, 0) is 0 Å². The van der Waals surface area contributed by atoms with Gasteiger partial charge in [-0.05, 0) is 24.3 Å². The quantitative estimate of drug-likeness (QED) is 0.359. The number of aromatic nitrogens is 2. The largest absolute Gasteiger partial charge is 0.298 e. The van der Waals surface area contributed by atoms with Crippen LogP contribution in [0.25, 0.3) is 5.65 Å². The van der Waals surface area contributed by atoms with E-state index in [1.807, 2.05) is 6.07 Å². The van der Waals surface area contributed by atoms with Crippen molar-refractivity contribution < 1.29 is 4.79 Å². The minimum atomic E-state index is -0.297. The number of pyridine rings is 1. The Morgan fingerprint density at radius 1 is 1.44 bits per heavy atom. The summed E-state index contributed by atoms with van der Waals surface area (Å²) in [6, 6.07) is 5.33. The zero-order valence-electron chi connectivity index (χ0n) is 10.1. The fourth-order valence-corrected chi connectivity index (χ4v) is 2.68. The van der Waals surface area contributed by atoms with Crippen molar-refractivity contribution >= 4 is 23.7 Å². The van der Waals surface area contributed by atoms with Crippen molar-refractivity contribution in [1.82, 2.24) is 9.38 Å². The van der Waals surface area contributed by atoms with Crippen molar-refractivity contribution in [3.05, 3.63) is 40.3 Å². The molecule has 0 N–H and O–H groups in total. The van der Waals surface area contributed by atoms with Crippen molar-refractivity contribution in [3.63, 3.8) is 0 Å². The lowest BCUT2D eigenvalue weighted by atomic mass is 10.3. The molecule has 0 atom stereocenters. The van der Waals surface area contributed by atoms with Crippen LogP contribution in [0.4, 0.5) is 0 Å². The molecule has 18 heavy (non-hydrogen) atoms. The molecular weight excluding hydrogens is 248 g/mol. The van der Waals surface area contributed by atoms with Gasteiger partial charge in [0.05, 0.1) is 0 Å². The maximum Gasteiger partial charge on any atom is 0.269 e. The van der Waals surface area contributed by atoms with Crippen LogP contribution in [-0.4, -0.2) is 21.4 Å². The highest BCUT2D eigenvalue weighted by atomic mass is 32.2. The highest BCUT2D eigenvalue weighted by Crippen LogP contribution is 2.19. The summed E-state index contributed by atoms with van der Waals surface area (Å²) in [6.45, 7) is 2.10. The molecule has 94 valence electrons. The molecule has 2 rings (SSSR count). The second-order valence-electron chi connectivity index (χ2n) is 3.88. The average molecular weight is 262 g/mol. The lowest BCUT2D eigenvalue weighted by molar-refractivity contribution is 0.111. The summed E-state index contributed by atoms with van der Waals surface area (Å²) in [6.07, 6.45) is 4.34. The maximum atomic E-state index is 12.1. The van der Waals surface area contributed by atoms with Crippen LogP contribution < -0.4 is 5.56 Å². The van der Waals surface area contributed by atoms with Gasteiger partial charge in [0.25, 0.3) is 5.56 Å². The molecule has 0 amide bonds. The van der Waals surface area contributed by atoms with Gasteiger partial charge >= 0.3 is 0 Å². The van der Waals surface area contributed by atoms with Gasteiger partial charge in [0.1, 0.15) is 16.2 Å². The number of rotatable bonds is 5.